The zero-order chi connectivity index (χ0) is 14.9. The van der Waals surface area contributed by atoms with Crippen molar-refractivity contribution >= 4 is 17.2 Å². The molecule has 4 rings (SSSR count). The van der Waals surface area contributed by atoms with Crippen molar-refractivity contribution in [1.29, 1.82) is 0 Å². The molecule has 0 saturated carbocycles. The summed E-state index contributed by atoms with van der Waals surface area (Å²) in [5.74, 6) is 1.36. The maximum atomic E-state index is 12.2. The number of rotatable bonds is 3. The van der Waals surface area contributed by atoms with Gasteiger partial charge in [-0.2, -0.15) is 16.3 Å². The Morgan fingerprint density at radius 1 is 1.36 bits per heavy atom. The molecule has 0 aromatic carbocycles. The Morgan fingerprint density at radius 2 is 2.32 bits per heavy atom. The molecule has 1 saturated heterocycles. The molecule has 112 valence electrons. The predicted molar refractivity (Wildman–Crippen MR) is 77.4 cm³/mol. The Bertz CT molecular complexity index is 766. The molecule has 8 heteroatoms. The van der Waals surface area contributed by atoms with Crippen molar-refractivity contribution in [2.45, 2.75) is 12.3 Å². The summed E-state index contributed by atoms with van der Waals surface area (Å²) in [6, 6.07) is 3.51. The molecular weight excluding hydrogens is 304 g/mol. The molecule has 22 heavy (non-hydrogen) atoms. The third-order valence-corrected chi connectivity index (χ3v) is 4.38. The summed E-state index contributed by atoms with van der Waals surface area (Å²) in [4.78, 5) is 18.4. The highest BCUT2D eigenvalue weighted by Crippen LogP contribution is 2.28. The number of thiophene rings is 1. The molecule has 1 amide bonds. The fourth-order valence-electron chi connectivity index (χ4n) is 2.54. The fourth-order valence-corrected chi connectivity index (χ4v) is 3.17. The first kappa shape index (κ1) is 13.2. The first-order valence-electron chi connectivity index (χ1n) is 6.87. The van der Waals surface area contributed by atoms with E-state index in [1.165, 1.54) is 6.20 Å². The van der Waals surface area contributed by atoms with Gasteiger partial charge >= 0.3 is 0 Å². The minimum Gasteiger partial charge on any atom is -0.351 e. The van der Waals surface area contributed by atoms with Crippen LogP contribution in [-0.4, -0.2) is 39.2 Å². The van der Waals surface area contributed by atoms with Crippen molar-refractivity contribution in [3.63, 3.8) is 0 Å². The largest absolute Gasteiger partial charge is 0.351 e. The van der Waals surface area contributed by atoms with Crippen molar-refractivity contribution < 1.29 is 13.8 Å². The van der Waals surface area contributed by atoms with Gasteiger partial charge < -0.3 is 13.9 Å². The second-order valence-corrected chi connectivity index (χ2v) is 5.86. The number of carbonyl (C=O) groups excluding carboxylic acids is 1. The summed E-state index contributed by atoms with van der Waals surface area (Å²) in [5, 5.41) is 11.5. The Labute approximate surface area is 129 Å². The van der Waals surface area contributed by atoms with Gasteiger partial charge in [0.25, 0.3) is 11.8 Å². The molecule has 3 aromatic heterocycles. The van der Waals surface area contributed by atoms with Crippen LogP contribution in [0.25, 0.3) is 11.5 Å². The number of hydrogen-bond donors (Lipinski definition) is 0. The second-order valence-electron chi connectivity index (χ2n) is 5.08. The van der Waals surface area contributed by atoms with Crippen molar-refractivity contribution in [3.8, 4) is 11.5 Å². The Morgan fingerprint density at radius 3 is 3.09 bits per heavy atom. The summed E-state index contributed by atoms with van der Waals surface area (Å²) in [6.45, 7) is 1.20. The van der Waals surface area contributed by atoms with Gasteiger partial charge in [0.2, 0.25) is 5.76 Å². The van der Waals surface area contributed by atoms with E-state index in [9.17, 15) is 4.79 Å². The minimum atomic E-state index is -0.151. The maximum Gasteiger partial charge on any atom is 0.292 e. The van der Waals surface area contributed by atoms with E-state index in [1.54, 1.807) is 22.3 Å². The molecule has 0 unspecified atom stereocenters. The third-order valence-electron chi connectivity index (χ3n) is 3.70. The highest BCUT2D eigenvalue weighted by molar-refractivity contribution is 7.08. The maximum absolute atomic E-state index is 12.2. The Hall–Kier alpha value is -2.48. The van der Waals surface area contributed by atoms with Crippen LogP contribution in [0.4, 0.5) is 0 Å². The normalized spacial score (nSPS) is 18.0. The lowest BCUT2D eigenvalue weighted by Crippen LogP contribution is -2.28. The highest BCUT2D eigenvalue weighted by Gasteiger charge is 2.32. The van der Waals surface area contributed by atoms with Crippen LogP contribution in [-0.2, 0) is 0 Å². The summed E-state index contributed by atoms with van der Waals surface area (Å²) < 4.78 is 10.2. The molecule has 0 spiro atoms. The first-order valence-corrected chi connectivity index (χ1v) is 7.81. The van der Waals surface area contributed by atoms with Crippen LogP contribution >= 0.6 is 11.3 Å². The summed E-state index contributed by atoms with van der Waals surface area (Å²) in [5.41, 5.74) is 0.927. The highest BCUT2D eigenvalue weighted by atomic mass is 32.1. The van der Waals surface area contributed by atoms with Gasteiger partial charge in [-0.3, -0.25) is 4.79 Å². The van der Waals surface area contributed by atoms with Gasteiger partial charge in [0.1, 0.15) is 0 Å². The summed E-state index contributed by atoms with van der Waals surface area (Å²) in [6.07, 6.45) is 2.27. The topological polar surface area (TPSA) is 85.3 Å². The molecule has 1 atom stereocenters. The van der Waals surface area contributed by atoms with Gasteiger partial charge in [-0.15, -0.1) is 0 Å². The number of aromatic nitrogens is 3. The molecule has 1 aliphatic heterocycles. The van der Waals surface area contributed by atoms with Crippen LogP contribution in [0.15, 0.2) is 38.1 Å². The minimum absolute atomic E-state index is 0.0861. The lowest BCUT2D eigenvalue weighted by Gasteiger charge is -2.13. The summed E-state index contributed by atoms with van der Waals surface area (Å²) >= 11 is 1.58. The van der Waals surface area contributed by atoms with E-state index in [2.05, 4.69) is 15.3 Å². The molecule has 0 radical (unpaired) electrons. The monoisotopic (exact) mass is 316 g/mol. The molecule has 3 aromatic rings. The number of likely N-dealkylation sites (tertiary alicyclic amines) is 1. The van der Waals surface area contributed by atoms with Crippen molar-refractivity contribution in [3.05, 3.63) is 40.7 Å². The standard InChI is InChI=1S/C14H12N4O3S/c19-14(11-1-4-15-20-11)18-5-2-9(7-18)12-16-13(21-17-12)10-3-6-22-8-10/h1,3-4,6,8-9H,2,5,7H2/t9-/m1/s1. The number of nitrogens with zero attached hydrogens (tertiary/aromatic N) is 4. The average molecular weight is 316 g/mol. The lowest BCUT2D eigenvalue weighted by molar-refractivity contribution is 0.0749. The van der Waals surface area contributed by atoms with E-state index >= 15 is 0 Å². The SMILES string of the molecule is O=C(c1ccno1)N1CC[C@@H](c2noc(-c3ccsc3)n2)C1. The number of amides is 1. The zero-order valence-electron chi connectivity index (χ0n) is 11.5. The van der Waals surface area contributed by atoms with Crippen LogP contribution in [0.1, 0.15) is 28.7 Å². The first-order chi connectivity index (χ1) is 10.8. The van der Waals surface area contributed by atoms with Crippen LogP contribution in [0.3, 0.4) is 0 Å². The van der Waals surface area contributed by atoms with E-state index in [0.717, 1.165) is 12.0 Å². The second kappa shape index (κ2) is 5.38. The van der Waals surface area contributed by atoms with Gasteiger partial charge in [-0.25, -0.2) is 0 Å². The smallest absolute Gasteiger partial charge is 0.292 e. The molecule has 1 fully saturated rings. The van der Waals surface area contributed by atoms with E-state index in [4.69, 9.17) is 9.05 Å². The number of carbonyl (C=O) groups is 1. The van der Waals surface area contributed by atoms with E-state index in [-0.39, 0.29) is 17.6 Å². The van der Waals surface area contributed by atoms with E-state index in [1.807, 2.05) is 16.8 Å². The van der Waals surface area contributed by atoms with Gasteiger partial charge in [-0.1, -0.05) is 10.3 Å². The molecule has 0 aliphatic carbocycles. The average Bonchev–Trinajstić information content (AvgIpc) is 3.35. The predicted octanol–water partition coefficient (Wildman–Crippen LogP) is 2.42. The lowest BCUT2D eigenvalue weighted by atomic mass is 10.1. The third kappa shape index (κ3) is 2.31. The van der Waals surface area contributed by atoms with Crippen molar-refractivity contribution in [2.75, 3.05) is 13.1 Å². The van der Waals surface area contributed by atoms with Gasteiger partial charge in [0, 0.05) is 30.5 Å². The quantitative estimate of drug-likeness (QED) is 0.737. The Kier molecular flexibility index (Phi) is 3.23. The molecule has 0 N–H and O–H groups in total. The summed E-state index contributed by atoms with van der Waals surface area (Å²) in [7, 11) is 0. The van der Waals surface area contributed by atoms with Crippen LogP contribution < -0.4 is 0 Å². The van der Waals surface area contributed by atoms with E-state index in [0.29, 0.717) is 24.8 Å². The molecule has 4 heterocycles. The zero-order valence-corrected chi connectivity index (χ0v) is 12.3. The number of hydrogen-bond acceptors (Lipinski definition) is 7. The van der Waals surface area contributed by atoms with Crippen molar-refractivity contribution in [1.82, 2.24) is 20.2 Å². The van der Waals surface area contributed by atoms with Crippen LogP contribution in [0.5, 0.6) is 0 Å². The van der Waals surface area contributed by atoms with Crippen LogP contribution in [0.2, 0.25) is 0 Å². The van der Waals surface area contributed by atoms with Crippen molar-refractivity contribution in [2.24, 2.45) is 0 Å². The van der Waals surface area contributed by atoms with Gasteiger partial charge in [0.05, 0.1) is 11.8 Å². The fraction of sp³-hybridized carbons (Fsp3) is 0.286. The molecule has 1 aliphatic rings. The Balaban J connectivity index is 1.48. The van der Waals surface area contributed by atoms with Gasteiger partial charge in [0.15, 0.2) is 5.82 Å². The van der Waals surface area contributed by atoms with Gasteiger partial charge in [-0.05, 0) is 17.9 Å². The molecule has 7 nitrogen and oxygen atoms in total. The van der Waals surface area contributed by atoms with E-state index < -0.39 is 0 Å². The molecule has 0 bridgehead atoms. The van der Waals surface area contributed by atoms with Crippen LogP contribution in [0, 0.1) is 0 Å². The molecular formula is C14H12N4O3S.